The molecule has 3 aromatic carbocycles. The smallest absolute Gasteiger partial charge is 0.262 e. The maximum Gasteiger partial charge on any atom is 0.262 e. The van der Waals surface area contributed by atoms with Crippen LogP contribution in [0.1, 0.15) is 10.4 Å². The van der Waals surface area contributed by atoms with Crippen LogP contribution in [-0.4, -0.2) is 14.3 Å². The third-order valence-corrected chi connectivity index (χ3v) is 5.79. The number of hydrogen-bond donors (Lipinski definition) is 2. The average molecular weight is 403 g/mol. The van der Waals surface area contributed by atoms with Crippen molar-refractivity contribution in [2.45, 2.75) is 4.90 Å². The van der Waals surface area contributed by atoms with Gasteiger partial charge in [0.1, 0.15) is 0 Å². The SMILES string of the molecule is O=C1Nc2ccc(S(=O)(=O)Nc3cccc(Br)c3)c3cccc1c23. The predicted molar refractivity (Wildman–Crippen MR) is 96.9 cm³/mol. The lowest BCUT2D eigenvalue weighted by Crippen LogP contribution is -2.13. The molecule has 7 heteroatoms. The van der Waals surface area contributed by atoms with Crippen molar-refractivity contribution < 1.29 is 13.2 Å². The van der Waals surface area contributed by atoms with Gasteiger partial charge in [0.05, 0.1) is 4.90 Å². The van der Waals surface area contributed by atoms with Crippen LogP contribution in [0.4, 0.5) is 11.4 Å². The quantitative estimate of drug-likeness (QED) is 0.695. The topological polar surface area (TPSA) is 75.3 Å². The van der Waals surface area contributed by atoms with E-state index in [9.17, 15) is 13.2 Å². The fourth-order valence-electron chi connectivity index (χ4n) is 2.86. The summed E-state index contributed by atoms with van der Waals surface area (Å²) in [6.07, 6.45) is 0. The van der Waals surface area contributed by atoms with Gasteiger partial charge in [0.25, 0.3) is 15.9 Å². The monoisotopic (exact) mass is 402 g/mol. The number of anilines is 2. The van der Waals surface area contributed by atoms with Crippen LogP contribution in [0.3, 0.4) is 0 Å². The van der Waals surface area contributed by atoms with Gasteiger partial charge >= 0.3 is 0 Å². The molecule has 0 fully saturated rings. The van der Waals surface area contributed by atoms with Crippen molar-refractivity contribution >= 4 is 54.0 Å². The number of carbonyl (C=O) groups excluding carboxylic acids is 1. The first-order valence-electron chi connectivity index (χ1n) is 7.11. The summed E-state index contributed by atoms with van der Waals surface area (Å²) in [5.74, 6) is -0.218. The second-order valence-corrected chi connectivity index (χ2v) is 7.98. The predicted octanol–water partition coefficient (Wildman–Crippen LogP) is 3.97. The van der Waals surface area contributed by atoms with Gasteiger partial charge in [-0.05, 0) is 36.4 Å². The average Bonchev–Trinajstić information content (AvgIpc) is 2.85. The number of sulfonamides is 1. The first-order valence-corrected chi connectivity index (χ1v) is 9.39. The largest absolute Gasteiger partial charge is 0.321 e. The van der Waals surface area contributed by atoms with Crippen molar-refractivity contribution in [3.05, 3.63) is 64.6 Å². The summed E-state index contributed by atoms with van der Waals surface area (Å²) >= 11 is 3.32. The lowest BCUT2D eigenvalue weighted by Gasteiger charge is -2.11. The van der Waals surface area contributed by atoms with Gasteiger partial charge in [0, 0.05) is 32.2 Å². The van der Waals surface area contributed by atoms with E-state index >= 15 is 0 Å². The molecular weight excluding hydrogens is 392 g/mol. The van der Waals surface area contributed by atoms with Crippen molar-refractivity contribution in [2.75, 3.05) is 10.0 Å². The number of benzene rings is 3. The van der Waals surface area contributed by atoms with E-state index in [0.29, 0.717) is 27.7 Å². The summed E-state index contributed by atoms with van der Waals surface area (Å²) in [6, 6.07) is 15.1. The first-order chi connectivity index (χ1) is 11.5. The highest BCUT2D eigenvalue weighted by molar-refractivity contribution is 9.10. The van der Waals surface area contributed by atoms with E-state index < -0.39 is 10.0 Å². The van der Waals surface area contributed by atoms with Crippen LogP contribution >= 0.6 is 15.9 Å². The Morgan fingerprint density at radius 1 is 1.00 bits per heavy atom. The lowest BCUT2D eigenvalue weighted by atomic mass is 10.1. The highest BCUT2D eigenvalue weighted by atomic mass is 79.9. The standard InChI is InChI=1S/C17H11BrN2O3S/c18-10-3-1-4-11(9-10)20-24(22,23)15-8-7-14-16-12(15)5-2-6-13(16)17(21)19-14/h1-9,20H,(H,19,21). The minimum Gasteiger partial charge on any atom is -0.321 e. The van der Waals surface area contributed by atoms with E-state index in [4.69, 9.17) is 0 Å². The molecule has 0 radical (unpaired) electrons. The van der Waals surface area contributed by atoms with Gasteiger partial charge in [-0.3, -0.25) is 9.52 Å². The summed E-state index contributed by atoms with van der Waals surface area (Å²) in [7, 11) is -3.79. The Bertz CT molecular complexity index is 1110. The van der Waals surface area contributed by atoms with Crippen LogP contribution in [0.15, 0.2) is 64.0 Å². The molecule has 1 amide bonds. The Kier molecular flexibility index (Phi) is 3.36. The molecule has 4 rings (SSSR count). The maximum atomic E-state index is 12.8. The molecule has 2 N–H and O–H groups in total. The third kappa shape index (κ3) is 2.37. The molecule has 0 atom stereocenters. The maximum absolute atomic E-state index is 12.8. The normalized spacial score (nSPS) is 13.1. The Hall–Kier alpha value is -2.38. The lowest BCUT2D eigenvalue weighted by molar-refractivity contribution is 0.103. The molecule has 0 aromatic heterocycles. The summed E-state index contributed by atoms with van der Waals surface area (Å²) in [4.78, 5) is 12.1. The fourth-order valence-corrected chi connectivity index (χ4v) is 4.51. The highest BCUT2D eigenvalue weighted by Gasteiger charge is 2.26. The second kappa shape index (κ2) is 5.32. The van der Waals surface area contributed by atoms with Gasteiger partial charge in [0.2, 0.25) is 0 Å². The Labute approximate surface area is 146 Å². The van der Waals surface area contributed by atoms with Gasteiger partial charge in [-0.25, -0.2) is 8.42 Å². The van der Waals surface area contributed by atoms with E-state index in [1.165, 1.54) is 6.07 Å². The first kappa shape index (κ1) is 15.2. The Morgan fingerprint density at radius 2 is 1.79 bits per heavy atom. The van der Waals surface area contributed by atoms with Gasteiger partial charge < -0.3 is 5.32 Å². The molecule has 0 saturated carbocycles. The second-order valence-electron chi connectivity index (χ2n) is 5.41. The Morgan fingerprint density at radius 3 is 2.58 bits per heavy atom. The van der Waals surface area contributed by atoms with Crippen LogP contribution in [-0.2, 0) is 10.0 Å². The van der Waals surface area contributed by atoms with Crippen LogP contribution in [0, 0.1) is 0 Å². The number of nitrogens with one attached hydrogen (secondary N) is 2. The molecule has 5 nitrogen and oxygen atoms in total. The van der Waals surface area contributed by atoms with Crippen molar-refractivity contribution in [3.63, 3.8) is 0 Å². The van der Waals surface area contributed by atoms with Gasteiger partial charge in [0.15, 0.2) is 0 Å². The van der Waals surface area contributed by atoms with Crippen LogP contribution in [0.5, 0.6) is 0 Å². The van der Waals surface area contributed by atoms with Crippen LogP contribution in [0.2, 0.25) is 0 Å². The van der Waals surface area contributed by atoms with Crippen molar-refractivity contribution in [2.24, 2.45) is 0 Å². The summed E-state index contributed by atoms with van der Waals surface area (Å²) in [5.41, 5.74) is 1.58. The van der Waals surface area contributed by atoms with Crippen LogP contribution in [0.25, 0.3) is 10.8 Å². The molecule has 1 heterocycles. The van der Waals surface area contributed by atoms with Gasteiger partial charge in [-0.15, -0.1) is 0 Å². The third-order valence-electron chi connectivity index (χ3n) is 3.86. The molecule has 0 unspecified atom stereocenters. The van der Waals surface area contributed by atoms with Crippen molar-refractivity contribution in [1.82, 2.24) is 0 Å². The molecular formula is C17H11BrN2O3S. The zero-order valence-electron chi connectivity index (χ0n) is 12.2. The number of rotatable bonds is 3. The van der Waals surface area contributed by atoms with Gasteiger partial charge in [-0.1, -0.05) is 34.1 Å². The molecule has 3 aromatic rings. The van der Waals surface area contributed by atoms with E-state index in [2.05, 4.69) is 26.0 Å². The molecule has 0 aliphatic carbocycles. The summed E-state index contributed by atoms with van der Waals surface area (Å²) < 4.78 is 29.0. The highest BCUT2D eigenvalue weighted by Crippen LogP contribution is 2.37. The minimum absolute atomic E-state index is 0.138. The molecule has 0 spiro atoms. The van der Waals surface area contributed by atoms with Crippen molar-refractivity contribution in [3.8, 4) is 0 Å². The molecule has 0 saturated heterocycles. The van der Waals surface area contributed by atoms with E-state index in [0.717, 1.165) is 4.47 Å². The van der Waals surface area contributed by atoms with Crippen LogP contribution < -0.4 is 10.0 Å². The summed E-state index contributed by atoms with van der Waals surface area (Å²) in [6.45, 7) is 0. The van der Waals surface area contributed by atoms with E-state index in [1.54, 1.807) is 42.5 Å². The zero-order valence-corrected chi connectivity index (χ0v) is 14.6. The van der Waals surface area contributed by atoms with Gasteiger partial charge in [-0.2, -0.15) is 0 Å². The number of carbonyl (C=O) groups is 1. The molecule has 1 aliphatic rings. The molecule has 120 valence electrons. The number of halogens is 1. The van der Waals surface area contributed by atoms with E-state index in [1.807, 2.05) is 6.07 Å². The molecule has 1 aliphatic heterocycles. The number of hydrogen-bond acceptors (Lipinski definition) is 3. The summed E-state index contributed by atoms with van der Waals surface area (Å²) in [5, 5.41) is 3.90. The number of amides is 1. The zero-order chi connectivity index (χ0) is 16.9. The fraction of sp³-hybridized carbons (Fsp3) is 0. The minimum atomic E-state index is -3.79. The van der Waals surface area contributed by atoms with E-state index in [-0.39, 0.29) is 10.8 Å². The van der Waals surface area contributed by atoms with Crippen molar-refractivity contribution in [1.29, 1.82) is 0 Å². The Balaban J connectivity index is 1.88. The molecule has 24 heavy (non-hydrogen) atoms. The molecule has 0 bridgehead atoms.